The maximum absolute atomic E-state index is 11.4. The molecule has 1 radical (unpaired) electrons. The van der Waals surface area contributed by atoms with Gasteiger partial charge in [-0.25, -0.2) is 4.79 Å². The van der Waals surface area contributed by atoms with Crippen LogP contribution in [0.1, 0.15) is 20.8 Å². The Morgan fingerprint density at radius 1 is 1.54 bits per heavy atom. The van der Waals surface area contributed by atoms with Gasteiger partial charge in [0.15, 0.2) is 0 Å². The molecule has 1 heterocycles. The highest BCUT2D eigenvalue weighted by Gasteiger charge is 2.28. The SMILES string of the molecule is [CH2]C=C1CN(C(=O)OC(C)(C)C)C1. The standard InChI is InChI=1S/C10H16NO2/c1-5-8-6-11(7-8)9(12)13-10(2,3)4/h5H,1,6-7H2,2-4H3. The van der Waals surface area contributed by atoms with Crippen molar-refractivity contribution in [3.05, 3.63) is 18.6 Å². The molecule has 0 aliphatic carbocycles. The lowest BCUT2D eigenvalue weighted by Crippen LogP contribution is -2.46. The van der Waals surface area contributed by atoms with E-state index in [2.05, 4.69) is 6.92 Å². The van der Waals surface area contributed by atoms with E-state index in [1.54, 1.807) is 11.0 Å². The van der Waals surface area contributed by atoms with Crippen LogP contribution in [0.4, 0.5) is 4.79 Å². The van der Waals surface area contributed by atoms with Gasteiger partial charge in [0.25, 0.3) is 0 Å². The first-order valence-corrected chi connectivity index (χ1v) is 4.37. The van der Waals surface area contributed by atoms with E-state index in [0.717, 1.165) is 0 Å². The largest absolute Gasteiger partial charge is 0.444 e. The van der Waals surface area contributed by atoms with E-state index in [1.807, 2.05) is 20.8 Å². The molecule has 13 heavy (non-hydrogen) atoms. The Hall–Kier alpha value is -0.990. The highest BCUT2D eigenvalue weighted by molar-refractivity contribution is 5.70. The van der Waals surface area contributed by atoms with E-state index in [1.165, 1.54) is 5.57 Å². The van der Waals surface area contributed by atoms with Gasteiger partial charge in [-0.3, -0.25) is 0 Å². The van der Waals surface area contributed by atoms with Crippen molar-refractivity contribution < 1.29 is 9.53 Å². The van der Waals surface area contributed by atoms with Gasteiger partial charge in [0, 0.05) is 13.1 Å². The first kappa shape index (κ1) is 10.1. The minimum Gasteiger partial charge on any atom is -0.444 e. The van der Waals surface area contributed by atoms with E-state index in [9.17, 15) is 4.79 Å². The lowest BCUT2D eigenvalue weighted by Gasteiger charge is -2.35. The minimum atomic E-state index is -0.402. The molecule has 0 spiro atoms. The molecule has 73 valence electrons. The van der Waals surface area contributed by atoms with Gasteiger partial charge in [-0.2, -0.15) is 0 Å². The zero-order valence-electron chi connectivity index (χ0n) is 8.46. The lowest BCUT2D eigenvalue weighted by atomic mass is 10.1. The number of hydrogen-bond acceptors (Lipinski definition) is 2. The van der Waals surface area contributed by atoms with Crippen LogP contribution in [0.3, 0.4) is 0 Å². The molecule has 1 aliphatic heterocycles. The van der Waals surface area contributed by atoms with E-state index in [4.69, 9.17) is 4.74 Å². The average Bonchev–Trinajstić information content (AvgIpc) is 1.79. The van der Waals surface area contributed by atoms with E-state index in [-0.39, 0.29) is 6.09 Å². The minimum absolute atomic E-state index is 0.238. The van der Waals surface area contributed by atoms with Crippen molar-refractivity contribution in [3.8, 4) is 0 Å². The maximum Gasteiger partial charge on any atom is 0.410 e. The molecule has 1 aliphatic rings. The summed E-state index contributed by atoms with van der Waals surface area (Å²) in [7, 11) is 0. The lowest BCUT2D eigenvalue weighted by molar-refractivity contribution is 0.0214. The average molecular weight is 182 g/mol. The molecular formula is C10H16NO2. The molecule has 1 fully saturated rings. The summed E-state index contributed by atoms with van der Waals surface area (Å²) in [5, 5.41) is 0. The first-order chi connectivity index (χ1) is 5.92. The van der Waals surface area contributed by atoms with Crippen molar-refractivity contribution in [1.29, 1.82) is 0 Å². The van der Waals surface area contributed by atoms with Crippen molar-refractivity contribution >= 4 is 6.09 Å². The predicted octanol–water partition coefficient (Wildman–Crippen LogP) is 2.00. The number of likely N-dealkylation sites (tertiary alicyclic amines) is 1. The molecule has 3 heteroatoms. The van der Waals surface area contributed by atoms with E-state index >= 15 is 0 Å². The van der Waals surface area contributed by atoms with Crippen LogP contribution in [0, 0.1) is 6.92 Å². The third kappa shape index (κ3) is 2.76. The Kier molecular flexibility index (Phi) is 2.64. The van der Waals surface area contributed by atoms with Crippen LogP contribution in [0.5, 0.6) is 0 Å². The summed E-state index contributed by atoms with van der Waals surface area (Å²) in [5.41, 5.74) is 0.784. The molecule has 0 aromatic carbocycles. The molecule has 0 atom stereocenters. The van der Waals surface area contributed by atoms with Crippen molar-refractivity contribution in [1.82, 2.24) is 4.90 Å². The normalized spacial score (nSPS) is 16.6. The zero-order valence-corrected chi connectivity index (χ0v) is 8.46. The Morgan fingerprint density at radius 3 is 2.46 bits per heavy atom. The maximum atomic E-state index is 11.4. The van der Waals surface area contributed by atoms with Crippen LogP contribution in [-0.2, 0) is 4.74 Å². The van der Waals surface area contributed by atoms with E-state index in [0.29, 0.717) is 13.1 Å². The van der Waals surface area contributed by atoms with Gasteiger partial charge >= 0.3 is 6.09 Å². The second-order valence-electron chi connectivity index (χ2n) is 4.20. The molecule has 0 aromatic heterocycles. The van der Waals surface area contributed by atoms with Crippen LogP contribution in [0.25, 0.3) is 0 Å². The number of nitrogens with zero attached hydrogens (tertiary/aromatic N) is 1. The molecule has 0 aromatic rings. The number of carbonyl (C=O) groups excluding carboxylic acids is 1. The summed E-state index contributed by atoms with van der Waals surface area (Å²) in [6, 6.07) is 0. The first-order valence-electron chi connectivity index (χ1n) is 4.37. The molecule has 1 amide bonds. The highest BCUT2D eigenvalue weighted by atomic mass is 16.6. The second kappa shape index (κ2) is 3.40. The molecule has 0 unspecified atom stereocenters. The third-order valence-corrected chi connectivity index (χ3v) is 1.73. The fourth-order valence-electron chi connectivity index (χ4n) is 1.03. The van der Waals surface area contributed by atoms with Crippen molar-refractivity contribution in [2.45, 2.75) is 26.4 Å². The number of amides is 1. The van der Waals surface area contributed by atoms with Crippen LogP contribution in [-0.4, -0.2) is 29.7 Å². The van der Waals surface area contributed by atoms with Crippen molar-refractivity contribution in [2.75, 3.05) is 13.1 Å². The molecule has 1 saturated heterocycles. The molecule has 0 saturated carbocycles. The zero-order chi connectivity index (χ0) is 10.1. The Labute approximate surface area is 79.4 Å². The van der Waals surface area contributed by atoms with Gasteiger partial charge in [0.05, 0.1) is 0 Å². The fourth-order valence-corrected chi connectivity index (χ4v) is 1.03. The quantitative estimate of drug-likeness (QED) is 0.573. The van der Waals surface area contributed by atoms with Gasteiger partial charge in [0.2, 0.25) is 0 Å². The van der Waals surface area contributed by atoms with Gasteiger partial charge in [-0.15, -0.1) is 0 Å². The molecule has 3 nitrogen and oxygen atoms in total. The van der Waals surface area contributed by atoms with Crippen LogP contribution >= 0.6 is 0 Å². The van der Waals surface area contributed by atoms with Gasteiger partial charge in [-0.05, 0) is 33.3 Å². The van der Waals surface area contributed by atoms with E-state index < -0.39 is 5.60 Å². The molecule has 1 rings (SSSR count). The topological polar surface area (TPSA) is 29.5 Å². The van der Waals surface area contributed by atoms with Gasteiger partial charge in [-0.1, -0.05) is 6.08 Å². The number of hydrogen-bond donors (Lipinski definition) is 0. The summed E-state index contributed by atoms with van der Waals surface area (Å²) in [5.74, 6) is 0. The Morgan fingerprint density at radius 2 is 2.08 bits per heavy atom. The monoisotopic (exact) mass is 182 g/mol. The van der Waals surface area contributed by atoms with Crippen LogP contribution < -0.4 is 0 Å². The Balaban J connectivity index is 2.36. The van der Waals surface area contributed by atoms with Gasteiger partial charge < -0.3 is 9.64 Å². The van der Waals surface area contributed by atoms with Crippen LogP contribution in [0.2, 0.25) is 0 Å². The number of carbonyl (C=O) groups is 1. The Bertz CT molecular complexity index is 230. The summed E-state index contributed by atoms with van der Waals surface area (Å²) < 4.78 is 5.17. The molecule has 0 N–H and O–H groups in total. The predicted molar refractivity (Wildman–Crippen MR) is 51.2 cm³/mol. The second-order valence-corrected chi connectivity index (χ2v) is 4.20. The smallest absolute Gasteiger partial charge is 0.410 e. The van der Waals surface area contributed by atoms with Gasteiger partial charge in [0.1, 0.15) is 5.60 Å². The van der Waals surface area contributed by atoms with Crippen LogP contribution in [0.15, 0.2) is 11.6 Å². The number of rotatable bonds is 0. The number of ether oxygens (including phenoxy) is 1. The summed E-state index contributed by atoms with van der Waals surface area (Å²) in [6.45, 7) is 10.6. The number of allylic oxidation sites excluding steroid dienone is 1. The van der Waals surface area contributed by atoms with Crippen molar-refractivity contribution in [3.63, 3.8) is 0 Å². The molecular weight excluding hydrogens is 166 g/mol. The summed E-state index contributed by atoms with van der Waals surface area (Å²) in [4.78, 5) is 13.0. The summed E-state index contributed by atoms with van der Waals surface area (Å²) >= 11 is 0. The van der Waals surface area contributed by atoms with Crippen molar-refractivity contribution in [2.24, 2.45) is 0 Å². The fraction of sp³-hybridized carbons (Fsp3) is 0.600. The highest BCUT2D eigenvalue weighted by Crippen LogP contribution is 2.18. The summed E-state index contributed by atoms with van der Waals surface area (Å²) in [6.07, 6.45) is 1.55. The third-order valence-electron chi connectivity index (χ3n) is 1.73. The molecule has 0 bridgehead atoms.